The molecule has 0 bridgehead atoms. The zero-order chi connectivity index (χ0) is 25.2. The second-order valence-corrected chi connectivity index (χ2v) is 9.42. The van der Waals surface area contributed by atoms with Crippen LogP contribution in [0.1, 0.15) is 44.4 Å². The zero-order valence-electron chi connectivity index (χ0n) is 20.7. The lowest BCUT2D eigenvalue weighted by Gasteiger charge is -2.27. The third-order valence-corrected chi connectivity index (χ3v) is 6.66. The molecule has 6 heteroatoms. The van der Waals surface area contributed by atoms with Crippen LogP contribution in [0, 0.1) is 13.8 Å². The molecule has 6 nitrogen and oxygen atoms in total. The van der Waals surface area contributed by atoms with Gasteiger partial charge in [0.05, 0.1) is 11.1 Å². The quantitative estimate of drug-likeness (QED) is 0.389. The van der Waals surface area contributed by atoms with Crippen LogP contribution in [0.2, 0.25) is 0 Å². The molecule has 0 spiro atoms. The molecule has 1 aromatic heterocycles. The van der Waals surface area contributed by atoms with Crippen molar-refractivity contribution in [3.05, 3.63) is 106 Å². The summed E-state index contributed by atoms with van der Waals surface area (Å²) in [7, 11) is 2.03. The first-order valence-electron chi connectivity index (χ1n) is 12.1. The van der Waals surface area contributed by atoms with Crippen LogP contribution in [-0.4, -0.2) is 35.4 Å². The summed E-state index contributed by atoms with van der Waals surface area (Å²) in [6.07, 6.45) is -0.353. The predicted octanol–water partition coefficient (Wildman–Crippen LogP) is 5.38. The average Bonchev–Trinajstić information content (AvgIpc) is 2.88. The first-order valence-corrected chi connectivity index (χ1v) is 12.1. The fraction of sp³-hybridized carbons (Fsp3) is 0.233. The number of nitrogens with zero attached hydrogens (tertiary/aromatic N) is 2. The van der Waals surface area contributed by atoms with Crippen molar-refractivity contribution in [2.24, 2.45) is 0 Å². The SMILES string of the molecule is Cc1ccc(C)c(NC(=O)[C@@H](OC(=O)c2c3c(nc4ccccc24)CCN(C)C3)c2ccccc2)c1. The van der Waals surface area contributed by atoms with E-state index < -0.39 is 18.0 Å². The van der Waals surface area contributed by atoms with Gasteiger partial charge in [-0.1, -0.05) is 60.7 Å². The second kappa shape index (κ2) is 9.91. The van der Waals surface area contributed by atoms with Crippen LogP contribution in [0.5, 0.6) is 0 Å². The lowest BCUT2D eigenvalue weighted by molar-refractivity contribution is -0.125. The number of para-hydroxylation sites is 1. The summed E-state index contributed by atoms with van der Waals surface area (Å²) >= 11 is 0. The van der Waals surface area contributed by atoms with Crippen LogP contribution in [0.25, 0.3) is 10.9 Å². The van der Waals surface area contributed by atoms with E-state index in [4.69, 9.17) is 9.72 Å². The van der Waals surface area contributed by atoms with Gasteiger partial charge >= 0.3 is 5.97 Å². The summed E-state index contributed by atoms with van der Waals surface area (Å²) in [5.74, 6) is -0.919. The summed E-state index contributed by atoms with van der Waals surface area (Å²) in [5, 5.41) is 3.71. The number of carbonyl (C=O) groups excluding carboxylic acids is 2. The van der Waals surface area contributed by atoms with E-state index in [-0.39, 0.29) is 0 Å². The third kappa shape index (κ3) is 4.72. The third-order valence-electron chi connectivity index (χ3n) is 6.66. The predicted molar refractivity (Wildman–Crippen MR) is 141 cm³/mol. The summed E-state index contributed by atoms with van der Waals surface area (Å²) in [4.78, 5) is 34.4. The van der Waals surface area contributed by atoms with Gasteiger partial charge in [-0.2, -0.15) is 0 Å². The largest absolute Gasteiger partial charge is 0.444 e. The van der Waals surface area contributed by atoms with E-state index in [1.54, 1.807) is 12.1 Å². The molecule has 0 saturated carbocycles. The van der Waals surface area contributed by atoms with Gasteiger partial charge in [-0.15, -0.1) is 0 Å². The molecule has 0 radical (unpaired) electrons. The van der Waals surface area contributed by atoms with Gasteiger partial charge in [-0.25, -0.2) is 4.79 Å². The summed E-state index contributed by atoms with van der Waals surface area (Å²) in [6, 6.07) is 22.6. The molecule has 1 atom stereocenters. The lowest BCUT2D eigenvalue weighted by atomic mass is 9.96. The number of amides is 1. The Labute approximate surface area is 210 Å². The molecule has 4 aromatic rings. The molecule has 1 N–H and O–H groups in total. The number of aryl methyl sites for hydroxylation is 2. The highest BCUT2D eigenvalue weighted by molar-refractivity contribution is 6.06. The van der Waals surface area contributed by atoms with E-state index in [9.17, 15) is 9.59 Å². The summed E-state index contributed by atoms with van der Waals surface area (Å²) in [6.45, 7) is 5.38. The standard InChI is InChI=1S/C30H29N3O3/c1-19-13-14-20(2)26(17-19)32-29(34)28(21-9-5-4-6-10-21)36-30(35)27-22-11-7-8-12-24(22)31-25-15-16-33(3)18-23(25)27/h4-14,17,28H,15-16,18H2,1-3H3,(H,32,34)/t28-/m0/s1. The summed E-state index contributed by atoms with van der Waals surface area (Å²) in [5.41, 5.74) is 6.30. The average molecular weight is 480 g/mol. The van der Waals surface area contributed by atoms with Crippen LogP contribution in [0.3, 0.4) is 0 Å². The fourth-order valence-electron chi connectivity index (χ4n) is 4.69. The van der Waals surface area contributed by atoms with E-state index in [1.165, 1.54) is 0 Å². The molecule has 0 fully saturated rings. The molecular weight excluding hydrogens is 450 g/mol. The molecule has 3 aromatic carbocycles. The van der Waals surface area contributed by atoms with E-state index >= 15 is 0 Å². The number of likely N-dealkylation sites (N-methyl/N-ethyl adjacent to an activating group) is 1. The van der Waals surface area contributed by atoms with E-state index in [1.807, 2.05) is 81.6 Å². The van der Waals surface area contributed by atoms with E-state index in [2.05, 4.69) is 10.2 Å². The maximum atomic E-state index is 13.9. The molecule has 36 heavy (non-hydrogen) atoms. The molecule has 2 heterocycles. The smallest absolute Gasteiger partial charge is 0.340 e. The highest BCUT2D eigenvalue weighted by Gasteiger charge is 2.30. The van der Waals surface area contributed by atoms with Gasteiger partial charge in [0.1, 0.15) is 0 Å². The van der Waals surface area contributed by atoms with Crippen LogP contribution in [-0.2, 0) is 22.5 Å². The van der Waals surface area contributed by atoms with Gasteiger partial charge in [0, 0.05) is 47.4 Å². The first kappa shape index (κ1) is 23.7. The number of carbonyl (C=O) groups is 2. The number of esters is 1. The Morgan fingerprint density at radius 3 is 2.56 bits per heavy atom. The van der Waals surface area contributed by atoms with Crippen molar-refractivity contribution in [1.82, 2.24) is 9.88 Å². The van der Waals surface area contributed by atoms with Crippen molar-refractivity contribution in [3.8, 4) is 0 Å². The van der Waals surface area contributed by atoms with Crippen LogP contribution < -0.4 is 5.32 Å². The number of benzene rings is 3. The second-order valence-electron chi connectivity index (χ2n) is 9.42. The topological polar surface area (TPSA) is 71.5 Å². The highest BCUT2D eigenvalue weighted by atomic mass is 16.5. The van der Waals surface area contributed by atoms with Gasteiger partial charge in [0.25, 0.3) is 5.91 Å². The minimum atomic E-state index is -1.11. The van der Waals surface area contributed by atoms with Gasteiger partial charge in [-0.05, 0) is 44.2 Å². The van der Waals surface area contributed by atoms with Crippen LogP contribution in [0.15, 0.2) is 72.8 Å². The number of ether oxygens (including phenoxy) is 1. The van der Waals surface area contributed by atoms with Gasteiger partial charge < -0.3 is 15.0 Å². The first-order chi connectivity index (χ1) is 17.4. The number of rotatable bonds is 5. The molecule has 1 amide bonds. The number of hydrogen-bond donors (Lipinski definition) is 1. The van der Waals surface area contributed by atoms with Crippen LogP contribution in [0.4, 0.5) is 5.69 Å². The van der Waals surface area contributed by atoms with Gasteiger partial charge in [-0.3, -0.25) is 9.78 Å². The normalized spacial score (nSPS) is 14.2. The monoisotopic (exact) mass is 479 g/mol. The molecular formula is C30H29N3O3. The Morgan fingerprint density at radius 1 is 1.00 bits per heavy atom. The van der Waals surface area contributed by atoms with Crippen molar-refractivity contribution in [2.45, 2.75) is 32.9 Å². The van der Waals surface area contributed by atoms with E-state index in [0.717, 1.165) is 46.3 Å². The summed E-state index contributed by atoms with van der Waals surface area (Å²) < 4.78 is 6.04. The van der Waals surface area contributed by atoms with Gasteiger partial charge in [0.15, 0.2) is 0 Å². The number of hydrogen-bond acceptors (Lipinski definition) is 5. The lowest BCUT2D eigenvalue weighted by Crippen LogP contribution is -2.31. The maximum absolute atomic E-state index is 13.9. The van der Waals surface area contributed by atoms with Crippen molar-refractivity contribution < 1.29 is 14.3 Å². The number of pyridine rings is 1. The Balaban J connectivity index is 1.54. The van der Waals surface area contributed by atoms with Gasteiger partial charge in [0.2, 0.25) is 6.10 Å². The highest BCUT2D eigenvalue weighted by Crippen LogP contribution is 2.31. The molecule has 182 valence electrons. The Kier molecular flexibility index (Phi) is 6.53. The number of aromatic nitrogens is 1. The Hall–Kier alpha value is -4.03. The minimum Gasteiger partial charge on any atom is -0.444 e. The molecule has 5 rings (SSSR count). The fourth-order valence-corrected chi connectivity index (χ4v) is 4.69. The molecule has 0 saturated heterocycles. The van der Waals surface area contributed by atoms with E-state index in [0.29, 0.717) is 23.4 Å². The number of anilines is 1. The Morgan fingerprint density at radius 2 is 1.75 bits per heavy atom. The number of fused-ring (bicyclic) bond motifs is 2. The molecule has 0 unspecified atom stereocenters. The van der Waals surface area contributed by atoms with Crippen molar-refractivity contribution in [1.29, 1.82) is 0 Å². The minimum absolute atomic E-state index is 0.396. The van der Waals surface area contributed by atoms with Crippen molar-refractivity contribution in [2.75, 3.05) is 18.9 Å². The zero-order valence-corrected chi connectivity index (χ0v) is 20.7. The van der Waals surface area contributed by atoms with Crippen molar-refractivity contribution in [3.63, 3.8) is 0 Å². The Bertz CT molecular complexity index is 1450. The van der Waals surface area contributed by atoms with Crippen molar-refractivity contribution >= 4 is 28.5 Å². The number of nitrogens with one attached hydrogen (secondary N) is 1. The maximum Gasteiger partial charge on any atom is 0.340 e. The molecule has 1 aliphatic heterocycles. The molecule has 1 aliphatic rings. The molecule has 0 aliphatic carbocycles. The van der Waals surface area contributed by atoms with Crippen LogP contribution >= 0.6 is 0 Å².